The van der Waals surface area contributed by atoms with E-state index in [1.165, 1.54) is 0 Å². The minimum atomic E-state index is -0.450. The molecule has 0 spiro atoms. The molecule has 0 bridgehead atoms. The van der Waals surface area contributed by atoms with E-state index in [0.717, 1.165) is 22.8 Å². The third kappa shape index (κ3) is 2.83. The lowest BCUT2D eigenvalue weighted by Crippen LogP contribution is -2.12. The van der Waals surface area contributed by atoms with Crippen molar-refractivity contribution >= 4 is 10.8 Å². The third-order valence-electron chi connectivity index (χ3n) is 2.86. The molecule has 0 aliphatic rings. The first-order chi connectivity index (χ1) is 7.97. The van der Waals surface area contributed by atoms with Crippen LogP contribution in [-0.2, 0) is 0 Å². The zero-order valence-corrected chi connectivity index (χ0v) is 10.6. The van der Waals surface area contributed by atoms with Crippen LogP contribution in [0.2, 0.25) is 0 Å². The Hall–Kier alpha value is -1.41. The molecule has 2 nitrogen and oxygen atoms in total. The highest BCUT2D eigenvalue weighted by Crippen LogP contribution is 2.32. The maximum atomic E-state index is 10.3. The number of aliphatic hydroxyl groups excluding tert-OH is 1. The fourth-order valence-electron chi connectivity index (χ4n) is 2.10. The lowest BCUT2D eigenvalue weighted by Gasteiger charge is -2.23. The van der Waals surface area contributed by atoms with Crippen molar-refractivity contribution in [2.45, 2.75) is 33.3 Å². The summed E-state index contributed by atoms with van der Waals surface area (Å²) in [6, 6.07) is 8.05. The molecule has 1 aromatic heterocycles. The summed E-state index contributed by atoms with van der Waals surface area (Å²) in [5.41, 5.74) is 1.04. The van der Waals surface area contributed by atoms with E-state index in [1.54, 1.807) is 6.20 Å². The van der Waals surface area contributed by atoms with Gasteiger partial charge in [0.15, 0.2) is 0 Å². The molecular weight excluding hydrogens is 210 g/mol. The van der Waals surface area contributed by atoms with Gasteiger partial charge in [-0.05, 0) is 17.2 Å². The number of rotatable bonds is 2. The van der Waals surface area contributed by atoms with Gasteiger partial charge in [0.2, 0.25) is 0 Å². The zero-order chi connectivity index (χ0) is 12.5. The number of aromatic nitrogens is 1. The summed E-state index contributed by atoms with van der Waals surface area (Å²) in [6.45, 7) is 6.40. The standard InChI is InChI=1S/C15H19NO/c1-15(2,3)8-14(17)13-10-16-9-11-6-4-5-7-12(11)13/h4-7,9-10,14,17H,8H2,1-3H3. The van der Waals surface area contributed by atoms with Crippen LogP contribution in [0.3, 0.4) is 0 Å². The van der Waals surface area contributed by atoms with Crippen LogP contribution in [0.15, 0.2) is 36.7 Å². The average Bonchev–Trinajstić information content (AvgIpc) is 2.26. The number of benzene rings is 1. The smallest absolute Gasteiger partial charge is 0.0816 e. The average molecular weight is 229 g/mol. The van der Waals surface area contributed by atoms with Crippen LogP contribution in [-0.4, -0.2) is 10.1 Å². The molecule has 17 heavy (non-hydrogen) atoms. The summed E-state index contributed by atoms with van der Waals surface area (Å²) >= 11 is 0. The Labute approximate surface area is 102 Å². The lowest BCUT2D eigenvalue weighted by molar-refractivity contribution is 0.123. The Morgan fingerprint density at radius 2 is 1.88 bits per heavy atom. The summed E-state index contributed by atoms with van der Waals surface area (Å²) in [5.74, 6) is 0. The molecule has 0 saturated heterocycles. The van der Waals surface area contributed by atoms with Gasteiger partial charge in [-0.15, -0.1) is 0 Å². The highest BCUT2D eigenvalue weighted by Gasteiger charge is 2.19. The van der Waals surface area contributed by atoms with Crippen molar-refractivity contribution in [1.29, 1.82) is 0 Å². The predicted molar refractivity (Wildman–Crippen MR) is 70.8 cm³/mol. The van der Waals surface area contributed by atoms with Crippen LogP contribution in [0.25, 0.3) is 10.8 Å². The Kier molecular flexibility index (Phi) is 3.16. The normalized spacial score (nSPS) is 13.9. The molecular formula is C15H19NO. The number of pyridine rings is 1. The summed E-state index contributed by atoms with van der Waals surface area (Å²) in [4.78, 5) is 4.20. The van der Waals surface area contributed by atoms with Gasteiger partial charge in [0.1, 0.15) is 0 Å². The molecule has 1 N–H and O–H groups in total. The largest absolute Gasteiger partial charge is 0.388 e. The monoisotopic (exact) mass is 229 g/mol. The minimum Gasteiger partial charge on any atom is -0.388 e. The zero-order valence-electron chi connectivity index (χ0n) is 10.6. The molecule has 90 valence electrons. The summed E-state index contributed by atoms with van der Waals surface area (Å²) in [7, 11) is 0. The topological polar surface area (TPSA) is 33.1 Å². The second-order valence-electron chi connectivity index (χ2n) is 5.73. The van der Waals surface area contributed by atoms with Crippen LogP contribution >= 0.6 is 0 Å². The molecule has 0 fully saturated rings. The fraction of sp³-hybridized carbons (Fsp3) is 0.400. The highest BCUT2D eigenvalue weighted by atomic mass is 16.3. The van der Waals surface area contributed by atoms with Gasteiger partial charge >= 0.3 is 0 Å². The Bertz CT molecular complexity index is 508. The van der Waals surface area contributed by atoms with Gasteiger partial charge in [-0.3, -0.25) is 4.98 Å². The lowest BCUT2D eigenvalue weighted by atomic mass is 9.86. The van der Waals surface area contributed by atoms with E-state index in [0.29, 0.717) is 0 Å². The van der Waals surface area contributed by atoms with E-state index in [1.807, 2.05) is 30.5 Å². The Balaban J connectivity index is 2.41. The first kappa shape index (κ1) is 12.1. The van der Waals surface area contributed by atoms with Gasteiger partial charge in [-0.1, -0.05) is 45.0 Å². The molecule has 1 unspecified atom stereocenters. The van der Waals surface area contributed by atoms with Gasteiger partial charge in [0.25, 0.3) is 0 Å². The van der Waals surface area contributed by atoms with Crippen molar-refractivity contribution in [2.75, 3.05) is 0 Å². The number of nitrogens with zero attached hydrogens (tertiary/aromatic N) is 1. The molecule has 1 atom stereocenters. The predicted octanol–water partition coefficient (Wildman–Crippen LogP) is 3.70. The van der Waals surface area contributed by atoms with E-state index < -0.39 is 6.10 Å². The molecule has 1 heterocycles. The SMILES string of the molecule is CC(C)(C)CC(O)c1cncc2ccccc12. The summed E-state index contributed by atoms with van der Waals surface area (Å²) in [5, 5.41) is 12.5. The molecule has 0 aliphatic carbocycles. The maximum absolute atomic E-state index is 10.3. The van der Waals surface area contributed by atoms with Crippen molar-refractivity contribution in [3.8, 4) is 0 Å². The molecule has 2 rings (SSSR count). The Morgan fingerprint density at radius 3 is 2.59 bits per heavy atom. The van der Waals surface area contributed by atoms with Crippen LogP contribution in [0.4, 0.5) is 0 Å². The van der Waals surface area contributed by atoms with Gasteiger partial charge in [-0.2, -0.15) is 0 Å². The number of hydrogen-bond acceptors (Lipinski definition) is 2. The Morgan fingerprint density at radius 1 is 1.18 bits per heavy atom. The molecule has 0 radical (unpaired) electrons. The fourth-order valence-corrected chi connectivity index (χ4v) is 2.10. The summed E-state index contributed by atoms with van der Waals surface area (Å²) in [6.07, 6.45) is 3.90. The highest BCUT2D eigenvalue weighted by molar-refractivity contribution is 5.84. The number of hydrogen-bond donors (Lipinski definition) is 1. The van der Waals surface area contributed by atoms with E-state index in [9.17, 15) is 5.11 Å². The third-order valence-corrected chi connectivity index (χ3v) is 2.86. The molecule has 0 amide bonds. The first-order valence-corrected chi connectivity index (χ1v) is 5.98. The van der Waals surface area contributed by atoms with Crippen LogP contribution in [0.5, 0.6) is 0 Å². The first-order valence-electron chi connectivity index (χ1n) is 5.98. The molecule has 1 aromatic carbocycles. The van der Waals surface area contributed by atoms with E-state index >= 15 is 0 Å². The van der Waals surface area contributed by atoms with Crippen molar-refractivity contribution in [3.05, 3.63) is 42.2 Å². The summed E-state index contributed by atoms with van der Waals surface area (Å²) < 4.78 is 0. The number of fused-ring (bicyclic) bond motifs is 1. The van der Waals surface area contributed by atoms with Crippen molar-refractivity contribution in [3.63, 3.8) is 0 Å². The van der Waals surface area contributed by atoms with Crippen LogP contribution in [0.1, 0.15) is 38.9 Å². The second-order valence-corrected chi connectivity index (χ2v) is 5.73. The maximum Gasteiger partial charge on any atom is 0.0816 e. The van der Waals surface area contributed by atoms with Gasteiger partial charge in [-0.25, -0.2) is 0 Å². The number of aliphatic hydroxyl groups is 1. The van der Waals surface area contributed by atoms with Crippen molar-refractivity contribution in [1.82, 2.24) is 4.98 Å². The van der Waals surface area contributed by atoms with Gasteiger partial charge in [0.05, 0.1) is 6.10 Å². The van der Waals surface area contributed by atoms with Crippen LogP contribution < -0.4 is 0 Å². The molecule has 0 saturated carbocycles. The van der Waals surface area contributed by atoms with Crippen molar-refractivity contribution in [2.24, 2.45) is 5.41 Å². The van der Waals surface area contributed by atoms with Crippen molar-refractivity contribution < 1.29 is 5.11 Å². The van der Waals surface area contributed by atoms with E-state index in [-0.39, 0.29) is 5.41 Å². The van der Waals surface area contributed by atoms with Gasteiger partial charge in [0, 0.05) is 23.3 Å². The van der Waals surface area contributed by atoms with Gasteiger partial charge < -0.3 is 5.11 Å². The molecule has 2 heteroatoms. The quantitative estimate of drug-likeness (QED) is 0.851. The van der Waals surface area contributed by atoms with Crippen LogP contribution in [0, 0.1) is 5.41 Å². The minimum absolute atomic E-state index is 0.108. The molecule has 0 aliphatic heterocycles. The second kappa shape index (κ2) is 4.46. The van der Waals surface area contributed by atoms with E-state index in [2.05, 4.69) is 25.8 Å². The van der Waals surface area contributed by atoms with E-state index in [4.69, 9.17) is 0 Å². The molecule has 2 aromatic rings.